The highest BCUT2D eigenvalue weighted by atomic mass is 16.5. The van der Waals surface area contributed by atoms with E-state index in [0.717, 1.165) is 28.3 Å². The number of rotatable bonds is 5. The standard InChI is InChI=1S/C15H19N3O2/c1-10-7-18-14(11(2)15(10)19-3)9-20-13-5-4-12(6-16)17-8-13/h4-5,7-8H,6,9,16H2,1-3H3. The highest BCUT2D eigenvalue weighted by Gasteiger charge is 2.10. The summed E-state index contributed by atoms with van der Waals surface area (Å²) in [6, 6.07) is 3.71. The van der Waals surface area contributed by atoms with E-state index in [1.165, 1.54) is 0 Å². The maximum atomic E-state index is 5.69. The van der Waals surface area contributed by atoms with Gasteiger partial charge in [0, 0.05) is 23.9 Å². The number of pyridine rings is 2. The van der Waals surface area contributed by atoms with Crippen LogP contribution in [0.2, 0.25) is 0 Å². The average Bonchev–Trinajstić information content (AvgIpc) is 2.47. The van der Waals surface area contributed by atoms with Crippen LogP contribution in [0.15, 0.2) is 24.5 Å². The Labute approximate surface area is 118 Å². The predicted molar refractivity (Wildman–Crippen MR) is 76.7 cm³/mol. The molecule has 0 saturated heterocycles. The molecule has 5 heteroatoms. The van der Waals surface area contributed by atoms with Crippen molar-refractivity contribution in [3.8, 4) is 11.5 Å². The third kappa shape index (κ3) is 3.05. The normalized spacial score (nSPS) is 10.4. The van der Waals surface area contributed by atoms with Crippen molar-refractivity contribution < 1.29 is 9.47 Å². The highest BCUT2D eigenvalue weighted by molar-refractivity contribution is 5.41. The Kier molecular flexibility index (Phi) is 4.53. The first-order valence-corrected chi connectivity index (χ1v) is 6.42. The van der Waals surface area contributed by atoms with E-state index in [4.69, 9.17) is 15.2 Å². The summed E-state index contributed by atoms with van der Waals surface area (Å²) in [5.41, 5.74) is 9.21. The zero-order valence-corrected chi connectivity index (χ0v) is 12.0. The lowest BCUT2D eigenvalue weighted by Gasteiger charge is -2.13. The van der Waals surface area contributed by atoms with E-state index in [1.54, 1.807) is 19.5 Å². The van der Waals surface area contributed by atoms with Crippen LogP contribution in [0, 0.1) is 13.8 Å². The molecule has 2 aromatic rings. The van der Waals surface area contributed by atoms with Crippen LogP contribution in [0.5, 0.6) is 11.5 Å². The molecule has 2 rings (SSSR count). The van der Waals surface area contributed by atoms with Gasteiger partial charge in [-0.25, -0.2) is 0 Å². The summed E-state index contributed by atoms with van der Waals surface area (Å²) in [7, 11) is 1.66. The van der Waals surface area contributed by atoms with E-state index >= 15 is 0 Å². The molecule has 0 spiro atoms. The molecular weight excluding hydrogens is 254 g/mol. The van der Waals surface area contributed by atoms with Crippen LogP contribution in [0.25, 0.3) is 0 Å². The summed E-state index contributed by atoms with van der Waals surface area (Å²) in [4.78, 5) is 8.57. The van der Waals surface area contributed by atoms with Crippen LogP contribution in [0.4, 0.5) is 0 Å². The van der Waals surface area contributed by atoms with Gasteiger partial charge in [0.05, 0.1) is 24.7 Å². The molecule has 0 atom stereocenters. The molecular formula is C15H19N3O2. The molecule has 5 nitrogen and oxygen atoms in total. The number of nitrogens with zero attached hydrogens (tertiary/aromatic N) is 2. The smallest absolute Gasteiger partial charge is 0.138 e. The lowest BCUT2D eigenvalue weighted by molar-refractivity contribution is 0.297. The third-order valence-electron chi connectivity index (χ3n) is 3.13. The first-order chi connectivity index (χ1) is 9.65. The van der Waals surface area contributed by atoms with Gasteiger partial charge >= 0.3 is 0 Å². The minimum absolute atomic E-state index is 0.381. The molecule has 0 radical (unpaired) electrons. The summed E-state index contributed by atoms with van der Waals surface area (Å²) in [6.07, 6.45) is 3.46. The lowest BCUT2D eigenvalue weighted by Crippen LogP contribution is -2.05. The van der Waals surface area contributed by atoms with Crippen molar-refractivity contribution in [2.45, 2.75) is 27.0 Å². The van der Waals surface area contributed by atoms with Crippen LogP contribution in [0.3, 0.4) is 0 Å². The molecule has 2 N–H and O–H groups in total. The minimum atomic E-state index is 0.381. The predicted octanol–water partition coefficient (Wildman–Crippen LogP) is 2.14. The van der Waals surface area contributed by atoms with Gasteiger partial charge in [-0.05, 0) is 26.0 Å². The number of nitrogens with two attached hydrogens (primary N) is 1. The molecule has 0 amide bonds. The molecule has 0 saturated carbocycles. The summed E-state index contributed by atoms with van der Waals surface area (Å²) in [5, 5.41) is 0. The van der Waals surface area contributed by atoms with Gasteiger partial charge in [0.1, 0.15) is 18.1 Å². The van der Waals surface area contributed by atoms with Gasteiger partial charge in [0.2, 0.25) is 0 Å². The van der Waals surface area contributed by atoms with E-state index in [9.17, 15) is 0 Å². The maximum Gasteiger partial charge on any atom is 0.138 e. The Hall–Kier alpha value is -2.14. The monoisotopic (exact) mass is 273 g/mol. The van der Waals surface area contributed by atoms with Gasteiger partial charge in [-0.1, -0.05) is 0 Å². The SMILES string of the molecule is COc1c(C)cnc(COc2ccc(CN)nc2)c1C. The first kappa shape index (κ1) is 14.3. The minimum Gasteiger partial charge on any atom is -0.496 e. The van der Waals surface area contributed by atoms with Crippen molar-refractivity contribution in [3.05, 3.63) is 47.0 Å². The molecule has 20 heavy (non-hydrogen) atoms. The van der Waals surface area contributed by atoms with Gasteiger partial charge < -0.3 is 15.2 Å². The van der Waals surface area contributed by atoms with Crippen molar-refractivity contribution in [2.75, 3.05) is 7.11 Å². The second kappa shape index (κ2) is 6.34. The fraction of sp³-hybridized carbons (Fsp3) is 0.333. The largest absolute Gasteiger partial charge is 0.496 e. The number of aryl methyl sites for hydroxylation is 1. The molecule has 0 aliphatic heterocycles. The Morgan fingerprint density at radius 3 is 2.55 bits per heavy atom. The third-order valence-corrected chi connectivity index (χ3v) is 3.13. The van der Waals surface area contributed by atoms with E-state index < -0.39 is 0 Å². The average molecular weight is 273 g/mol. The van der Waals surface area contributed by atoms with Crippen molar-refractivity contribution in [1.82, 2.24) is 9.97 Å². The molecule has 2 heterocycles. The van der Waals surface area contributed by atoms with Gasteiger partial charge in [-0.15, -0.1) is 0 Å². The first-order valence-electron chi connectivity index (χ1n) is 6.42. The van der Waals surface area contributed by atoms with Crippen molar-refractivity contribution >= 4 is 0 Å². The zero-order valence-electron chi connectivity index (χ0n) is 12.0. The second-order valence-corrected chi connectivity index (χ2v) is 4.52. The molecule has 0 aromatic carbocycles. The lowest BCUT2D eigenvalue weighted by atomic mass is 10.1. The molecule has 0 aliphatic carbocycles. The van der Waals surface area contributed by atoms with Crippen molar-refractivity contribution in [3.63, 3.8) is 0 Å². The molecule has 0 bridgehead atoms. The van der Waals surface area contributed by atoms with Crippen LogP contribution in [-0.2, 0) is 13.2 Å². The molecule has 0 aliphatic rings. The van der Waals surface area contributed by atoms with E-state index in [1.807, 2.05) is 26.0 Å². The quantitative estimate of drug-likeness (QED) is 0.903. The Balaban J connectivity index is 2.10. The molecule has 0 unspecified atom stereocenters. The number of methoxy groups -OCH3 is 1. The van der Waals surface area contributed by atoms with Crippen molar-refractivity contribution in [1.29, 1.82) is 0 Å². The summed E-state index contributed by atoms with van der Waals surface area (Å²) < 4.78 is 11.1. The Bertz CT molecular complexity index is 582. The second-order valence-electron chi connectivity index (χ2n) is 4.52. The van der Waals surface area contributed by atoms with Crippen LogP contribution in [0.1, 0.15) is 22.5 Å². The molecule has 106 valence electrons. The number of hydrogen-bond acceptors (Lipinski definition) is 5. The molecule has 0 fully saturated rings. The highest BCUT2D eigenvalue weighted by Crippen LogP contribution is 2.24. The Morgan fingerprint density at radius 2 is 1.95 bits per heavy atom. The van der Waals surface area contributed by atoms with E-state index in [0.29, 0.717) is 18.9 Å². The number of hydrogen-bond donors (Lipinski definition) is 1. The summed E-state index contributed by atoms with van der Waals surface area (Å²) >= 11 is 0. The fourth-order valence-corrected chi connectivity index (χ4v) is 1.99. The van der Waals surface area contributed by atoms with Gasteiger partial charge in [0.25, 0.3) is 0 Å². The van der Waals surface area contributed by atoms with Crippen LogP contribution in [-0.4, -0.2) is 17.1 Å². The molecule has 2 aromatic heterocycles. The fourth-order valence-electron chi connectivity index (χ4n) is 1.99. The van der Waals surface area contributed by atoms with E-state index in [2.05, 4.69) is 9.97 Å². The van der Waals surface area contributed by atoms with Crippen molar-refractivity contribution in [2.24, 2.45) is 5.73 Å². The zero-order chi connectivity index (χ0) is 14.5. The van der Waals surface area contributed by atoms with Crippen LogP contribution < -0.4 is 15.2 Å². The van der Waals surface area contributed by atoms with E-state index in [-0.39, 0.29) is 0 Å². The summed E-state index contributed by atoms with van der Waals surface area (Å²) in [6.45, 7) is 4.76. The van der Waals surface area contributed by atoms with Gasteiger partial charge in [-0.2, -0.15) is 0 Å². The maximum absolute atomic E-state index is 5.69. The number of ether oxygens (including phenoxy) is 2. The van der Waals surface area contributed by atoms with Crippen LogP contribution >= 0.6 is 0 Å². The summed E-state index contributed by atoms with van der Waals surface area (Å²) in [5.74, 6) is 1.55. The number of aromatic nitrogens is 2. The van der Waals surface area contributed by atoms with Gasteiger partial charge in [-0.3, -0.25) is 9.97 Å². The van der Waals surface area contributed by atoms with Gasteiger partial charge in [0.15, 0.2) is 0 Å². The Morgan fingerprint density at radius 1 is 1.15 bits per heavy atom. The topological polar surface area (TPSA) is 70.3 Å².